The summed E-state index contributed by atoms with van der Waals surface area (Å²) < 4.78 is 17.9. The number of hydrogen-bond donors (Lipinski definition) is 1. The van der Waals surface area contributed by atoms with E-state index >= 15 is 0 Å². The summed E-state index contributed by atoms with van der Waals surface area (Å²) in [6.45, 7) is 4.84. The Morgan fingerprint density at radius 2 is 1.90 bits per heavy atom. The molecule has 1 aromatic carbocycles. The van der Waals surface area contributed by atoms with E-state index in [1.54, 1.807) is 12.1 Å². The molecule has 1 unspecified atom stereocenters. The fourth-order valence-corrected chi connectivity index (χ4v) is 3.21. The van der Waals surface area contributed by atoms with Crippen LogP contribution in [0.15, 0.2) is 45.7 Å². The summed E-state index contributed by atoms with van der Waals surface area (Å²) in [6.07, 6.45) is 0. The summed E-state index contributed by atoms with van der Waals surface area (Å²) in [5.74, 6) is 1.90. The van der Waals surface area contributed by atoms with Gasteiger partial charge >= 0.3 is 0 Å². The van der Waals surface area contributed by atoms with Gasteiger partial charge in [-0.05, 0) is 24.3 Å². The molecule has 0 fully saturated rings. The lowest BCUT2D eigenvalue weighted by Crippen LogP contribution is -2.21. The molecule has 0 aliphatic heterocycles. The smallest absolute Gasteiger partial charge is 0.118 e. The molecule has 3 nitrogen and oxygen atoms in total. The van der Waals surface area contributed by atoms with Crippen LogP contribution in [0.5, 0.6) is 0 Å². The third-order valence-electron chi connectivity index (χ3n) is 2.76. The lowest BCUT2D eigenvalue weighted by Gasteiger charge is -2.05. The predicted octanol–water partition coefficient (Wildman–Crippen LogP) is 3.74. The molecular weight excluding hydrogens is 294 g/mol. The van der Waals surface area contributed by atoms with E-state index in [-0.39, 0.29) is 0 Å². The van der Waals surface area contributed by atoms with Gasteiger partial charge in [0.25, 0.3) is 0 Å². The molecule has 0 saturated heterocycles. The molecule has 0 bridgehead atoms. The summed E-state index contributed by atoms with van der Waals surface area (Å²) >= 11 is 6.04. The first kappa shape index (κ1) is 15.3. The lowest BCUT2D eigenvalue weighted by molar-refractivity contribution is 0.445. The third kappa shape index (κ3) is 4.20. The predicted molar refractivity (Wildman–Crippen MR) is 82.2 cm³/mol. The van der Waals surface area contributed by atoms with E-state index < -0.39 is 10.8 Å². The van der Waals surface area contributed by atoms with Crippen molar-refractivity contribution in [2.75, 3.05) is 0 Å². The Morgan fingerprint density at radius 1 is 1.20 bits per heavy atom. The van der Waals surface area contributed by atoms with E-state index in [0.717, 1.165) is 5.76 Å². The zero-order valence-corrected chi connectivity index (χ0v) is 13.1. The van der Waals surface area contributed by atoms with Crippen LogP contribution in [0.3, 0.4) is 0 Å². The molecule has 2 aromatic rings. The molecule has 0 aliphatic rings. The summed E-state index contributed by atoms with van der Waals surface area (Å²) in [4.78, 5) is 0.646. The Bertz CT molecular complexity index is 595. The zero-order chi connectivity index (χ0) is 14.5. The summed E-state index contributed by atoms with van der Waals surface area (Å²) in [5, 5.41) is 3.81. The van der Waals surface area contributed by atoms with Crippen molar-refractivity contribution < 1.29 is 8.63 Å². The Balaban J connectivity index is 2.00. The zero-order valence-electron chi connectivity index (χ0n) is 11.6. The van der Waals surface area contributed by atoms with Gasteiger partial charge in [-0.25, -0.2) is 0 Å². The van der Waals surface area contributed by atoms with Crippen LogP contribution in [0.2, 0.25) is 5.02 Å². The fourth-order valence-electron chi connectivity index (χ4n) is 1.74. The fraction of sp³-hybridized carbons (Fsp3) is 0.333. The Labute approximate surface area is 126 Å². The maximum atomic E-state index is 12.3. The van der Waals surface area contributed by atoms with Crippen LogP contribution in [0, 0.1) is 0 Å². The Kier molecular flexibility index (Phi) is 5.40. The van der Waals surface area contributed by atoms with Gasteiger partial charge in [-0.2, -0.15) is 0 Å². The highest BCUT2D eigenvalue weighted by atomic mass is 35.5. The van der Waals surface area contributed by atoms with Crippen LogP contribution >= 0.6 is 11.6 Å². The number of halogens is 1. The summed E-state index contributed by atoms with van der Waals surface area (Å²) in [7, 11) is -1.19. The highest BCUT2D eigenvalue weighted by Gasteiger charge is 2.11. The van der Waals surface area contributed by atoms with Crippen LogP contribution in [-0.2, 0) is 23.1 Å². The SMILES string of the molecule is CC(C)NCc1ccc(CS(=O)c2ccccc2Cl)o1. The first-order valence-corrected chi connectivity index (χ1v) is 8.20. The van der Waals surface area contributed by atoms with Crippen molar-refractivity contribution in [3.63, 3.8) is 0 Å². The van der Waals surface area contributed by atoms with Crippen molar-refractivity contribution in [3.8, 4) is 0 Å². The number of hydrogen-bond acceptors (Lipinski definition) is 3. The highest BCUT2D eigenvalue weighted by molar-refractivity contribution is 7.84. The van der Waals surface area contributed by atoms with Gasteiger partial charge < -0.3 is 9.73 Å². The molecule has 1 atom stereocenters. The van der Waals surface area contributed by atoms with E-state index in [2.05, 4.69) is 19.2 Å². The van der Waals surface area contributed by atoms with Crippen LogP contribution in [0.1, 0.15) is 25.4 Å². The minimum Gasteiger partial charge on any atom is -0.464 e. The second-order valence-electron chi connectivity index (χ2n) is 4.82. The van der Waals surface area contributed by atoms with E-state index in [1.807, 2.05) is 24.3 Å². The van der Waals surface area contributed by atoms with Crippen molar-refractivity contribution in [1.29, 1.82) is 0 Å². The average Bonchev–Trinajstić information content (AvgIpc) is 2.84. The molecule has 5 heteroatoms. The van der Waals surface area contributed by atoms with E-state index in [1.165, 1.54) is 0 Å². The maximum Gasteiger partial charge on any atom is 0.118 e. The number of nitrogens with one attached hydrogen (secondary N) is 1. The third-order valence-corrected chi connectivity index (χ3v) is 4.59. The van der Waals surface area contributed by atoms with Crippen molar-refractivity contribution in [1.82, 2.24) is 5.32 Å². The average molecular weight is 312 g/mol. The summed E-state index contributed by atoms with van der Waals surface area (Å²) in [5.41, 5.74) is 0. The van der Waals surface area contributed by atoms with Crippen LogP contribution in [0.4, 0.5) is 0 Å². The van der Waals surface area contributed by atoms with E-state index in [9.17, 15) is 4.21 Å². The Morgan fingerprint density at radius 3 is 2.60 bits per heavy atom. The first-order chi connectivity index (χ1) is 9.56. The second kappa shape index (κ2) is 7.07. The first-order valence-electron chi connectivity index (χ1n) is 6.50. The van der Waals surface area contributed by atoms with Gasteiger partial charge in [0, 0.05) is 6.04 Å². The van der Waals surface area contributed by atoms with Gasteiger partial charge in [-0.3, -0.25) is 4.21 Å². The monoisotopic (exact) mass is 311 g/mol. The maximum absolute atomic E-state index is 12.3. The topological polar surface area (TPSA) is 42.2 Å². The standard InChI is InChI=1S/C15H18ClNO2S/c1-11(2)17-9-12-7-8-13(19-12)10-20(18)15-6-4-3-5-14(15)16/h3-8,11,17H,9-10H2,1-2H3. The molecule has 0 radical (unpaired) electrons. The molecule has 1 aromatic heterocycles. The van der Waals surface area contributed by atoms with Crippen molar-refractivity contribution in [3.05, 3.63) is 52.9 Å². The second-order valence-corrected chi connectivity index (χ2v) is 6.65. The van der Waals surface area contributed by atoms with E-state index in [0.29, 0.717) is 34.0 Å². The highest BCUT2D eigenvalue weighted by Crippen LogP contribution is 2.22. The molecule has 0 spiro atoms. The van der Waals surface area contributed by atoms with Gasteiger partial charge in [0.15, 0.2) is 0 Å². The molecule has 1 N–H and O–H groups in total. The molecule has 0 saturated carbocycles. The molecule has 2 rings (SSSR count). The molecule has 108 valence electrons. The van der Waals surface area contributed by atoms with Crippen LogP contribution in [-0.4, -0.2) is 10.3 Å². The van der Waals surface area contributed by atoms with Gasteiger partial charge in [0.2, 0.25) is 0 Å². The van der Waals surface area contributed by atoms with Crippen LogP contribution in [0.25, 0.3) is 0 Å². The van der Waals surface area contributed by atoms with Crippen LogP contribution < -0.4 is 5.32 Å². The van der Waals surface area contributed by atoms with Crippen molar-refractivity contribution in [2.24, 2.45) is 0 Å². The Hall–Kier alpha value is -1.10. The number of furan rings is 1. The molecule has 1 heterocycles. The van der Waals surface area contributed by atoms with Gasteiger partial charge in [0.05, 0.1) is 33.0 Å². The molecule has 0 aliphatic carbocycles. The number of rotatable bonds is 6. The van der Waals surface area contributed by atoms with Crippen molar-refractivity contribution >= 4 is 22.4 Å². The lowest BCUT2D eigenvalue weighted by atomic mass is 10.3. The number of benzene rings is 1. The van der Waals surface area contributed by atoms with Gasteiger partial charge in [-0.1, -0.05) is 37.6 Å². The van der Waals surface area contributed by atoms with Gasteiger partial charge in [-0.15, -0.1) is 0 Å². The molecular formula is C15H18ClNO2S. The minimum atomic E-state index is -1.19. The normalized spacial score (nSPS) is 12.8. The molecule has 0 amide bonds. The summed E-state index contributed by atoms with van der Waals surface area (Å²) in [6, 6.07) is 11.4. The van der Waals surface area contributed by atoms with Crippen molar-refractivity contribution in [2.45, 2.75) is 37.1 Å². The van der Waals surface area contributed by atoms with E-state index in [4.69, 9.17) is 16.0 Å². The minimum absolute atomic E-state index is 0.339. The quantitative estimate of drug-likeness (QED) is 0.883. The van der Waals surface area contributed by atoms with Gasteiger partial charge in [0.1, 0.15) is 11.5 Å². The largest absolute Gasteiger partial charge is 0.464 e. The molecule has 20 heavy (non-hydrogen) atoms.